The van der Waals surface area contributed by atoms with Gasteiger partial charge in [-0.05, 0) is 83.5 Å². The van der Waals surface area contributed by atoms with Crippen LogP contribution >= 0.6 is 0 Å². The van der Waals surface area contributed by atoms with E-state index in [1.165, 1.54) is 122 Å². The minimum atomic E-state index is -0.774. The molecule has 0 aromatic carbocycles. The quantitative estimate of drug-likeness (QED) is 0.0262. The molecule has 6 nitrogen and oxygen atoms in total. The number of esters is 3. The highest BCUT2D eigenvalue weighted by Crippen LogP contribution is 2.16. The smallest absolute Gasteiger partial charge is 0.306 e. The summed E-state index contributed by atoms with van der Waals surface area (Å²) in [6.07, 6.45) is 69.2. The van der Waals surface area contributed by atoms with E-state index in [4.69, 9.17) is 14.2 Å². The number of unbranched alkanes of at least 4 members (excludes halogenated alkanes) is 27. The van der Waals surface area contributed by atoms with Crippen molar-refractivity contribution in [3.05, 3.63) is 72.9 Å². The number of hydrogen-bond acceptors (Lipinski definition) is 6. The Kier molecular flexibility index (Phi) is 51.9. The molecule has 0 aliphatic carbocycles. The number of carbonyl (C=O) groups is 3. The van der Waals surface area contributed by atoms with E-state index in [1.807, 2.05) is 0 Å². The van der Waals surface area contributed by atoms with Crippen LogP contribution in [0.3, 0.4) is 0 Å². The van der Waals surface area contributed by atoms with Gasteiger partial charge in [0.25, 0.3) is 0 Å². The topological polar surface area (TPSA) is 78.9 Å². The molecular weight excluding hydrogens is 817 g/mol. The summed E-state index contributed by atoms with van der Waals surface area (Å²) in [7, 11) is 0. The molecule has 0 radical (unpaired) electrons. The van der Waals surface area contributed by atoms with Crippen molar-refractivity contribution in [1.82, 2.24) is 0 Å². The molecule has 1 atom stereocenters. The summed E-state index contributed by atoms with van der Waals surface area (Å²) < 4.78 is 16.7. The van der Waals surface area contributed by atoms with Gasteiger partial charge in [-0.15, -0.1) is 0 Å². The summed E-state index contributed by atoms with van der Waals surface area (Å²) >= 11 is 0. The van der Waals surface area contributed by atoms with E-state index in [-0.39, 0.29) is 31.1 Å². The second kappa shape index (κ2) is 54.5. The van der Waals surface area contributed by atoms with Crippen LogP contribution in [0, 0.1) is 0 Å². The molecule has 0 fully saturated rings. The van der Waals surface area contributed by atoms with Crippen LogP contribution in [0.25, 0.3) is 0 Å². The fraction of sp³-hybridized carbons (Fsp3) is 0.750. The fourth-order valence-corrected chi connectivity index (χ4v) is 7.77. The standard InChI is InChI=1S/C60H104O6/c1-4-7-10-13-16-19-21-22-23-24-25-26-27-28-29-30-31-32-33-34-35-36-37-38-39-42-44-47-50-53-59(62)65-56-57(55-64-58(61)52-49-46-43-40-18-15-12-9-6-3)66-60(63)54-51-48-45-41-20-17-14-11-8-5-2/h7,10-11,14,16,19,22-23,25-26,28-29,57H,4-6,8-9,12-13,15,17-18,20-21,24,27,30-56H2,1-3H3/b10-7-,14-11-,19-16-,23-22-,26-25-,29-28-. The Balaban J connectivity index is 4.08. The van der Waals surface area contributed by atoms with Gasteiger partial charge in [0.1, 0.15) is 13.2 Å². The maximum Gasteiger partial charge on any atom is 0.306 e. The van der Waals surface area contributed by atoms with Crippen LogP contribution in [-0.2, 0) is 28.6 Å². The summed E-state index contributed by atoms with van der Waals surface area (Å²) in [5.41, 5.74) is 0. The maximum absolute atomic E-state index is 12.7. The van der Waals surface area contributed by atoms with Crippen molar-refractivity contribution < 1.29 is 28.6 Å². The van der Waals surface area contributed by atoms with Crippen LogP contribution in [0.5, 0.6) is 0 Å². The predicted octanol–water partition coefficient (Wildman–Crippen LogP) is 18.6. The zero-order valence-corrected chi connectivity index (χ0v) is 43.4. The number of hydrogen-bond donors (Lipinski definition) is 0. The first kappa shape index (κ1) is 62.8. The molecule has 0 rings (SSSR count). The summed E-state index contributed by atoms with van der Waals surface area (Å²) in [6.45, 7) is 6.44. The highest BCUT2D eigenvalue weighted by atomic mass is 16.6. The summed E-state index contributed by atoms with van der Waals surface area (Å²) in [6, 6.07) is 0. The van der Waals surface area contributed by atoms with Gasteiger partial charge in [-0.25, -0.2) is 0 Å². The molecule has 0 amide bonds. The normalized spacial score (nSPS) is 12.6. The van der Waals surface area contributed by atoms with Crippen LogP contribution in [0.4, 0.5) is 0 Å². The molecule has 6 heteroatoms. The molecule has 0 aliphatic rings. The maximum atomic E-state index is 12.7. The summed E-state index contributed by atoms with van der Waals surface area (Å²) in [5.74, 6) is -0.887. The molecule has 1 unspecified atom stereocenters. The Labute approximate surface area is 408 Å². The van der Waals surface area contributed by atoms with Crippen molar-refractivity contribution in [3.8, 4) is 0 Å². The monoisotopic (exact) mass is 921 g/mol. The van der Waals surface area contributed by atoms with Crippen molar-refractivity contribution in [1.29, 1.82) is 0 Å². The van der Waals surface area contributed by atoms with Crippen LogP contribution in [0.15, 0.2) is 72.9 Å². The summed E-state index contributed by atoms with van der Waals surface area (Å²) in [5, 5.41) is 0. The minimum absolute atomic E-state index is 0.0761. The predicted molar refractivity (Wildman–Crippen MR) is 284 cm³/mol. The first-order chi connectivity index (χ1) is 32.5. The molecule has 0 saturated heterocycles. The first-order valence-electron chi connectivity index (χ1n) is 27.9. The van der Waals surface area contributed by atoms with E-state index in [0.717, 1.165) is 109 Å². The van der Waals surface area contributed by atoms with Gasteiger partial charge in [0.15, 0.2) is 6.10 Å². The van der Waals surface area contributed by atoms with Crippen molar-refractivity contribution in [2.75, 3.05) is 13.2 Å². The van der Waals surface area contributed by atoms with E-state index < -0.39 is 6.10 Å². The van der Waals surface area contributed by atoms with Gasteiger partial charge in [0, 0.05) is 19.3 Å². The number of carbonyl (C=O) groups excluding carboxylic acids is 3. The molecule has 0 heterocycles. The second-order valence-electron chi connectivity index (χ2n) is 18.5. The van der Waals surface area contributed by atoms with Crippen molar-refractivity contribution >= 4 is 17.9 Å². The number of rotatable bonds is 50. The van der Waals surface area contributed by atoms with Crippen molar-refractivity contribution in [2.24, 2.45) is 0 Å². The van der Waals surface area contributed by atoms with Crippen molar-refractivity contribution in [2.45, 2.75) is 277 Å². The Morgan fingerprint density at radius 2 is 0.621 bits per heavy atom. The zero-order chi connectivity index (χ0) is 47.9. The lowest BCUT2D eigenvalue weighted by Crippen LogP contribution is -2.30. The molecule has 0 aromatic heterocycles. The molecule has 380 valence electrons. The van der Waals surface area contributed by atoms with E-state index in [9.17, 15) is 14.4 Å². The SMILES string of the molecule is CC/C=C\C/C=C\C/C=C\C/C=C\C/C=C\CCCCCCCCCCCCCCCC(=O)OCC(COC(=O)CCCCCCCCCCC)OC(=O)CCCCCCC/C=C\CCC. The highest BCUT2D eigenvalue weighted by Gasteiger charge is 2.19. The molecule has 0 aliphatic heterocycles. The Hall–Kier alpha value is -3.15. The Morgan fingerprint density at radius 1 is 0.318 bits per heavy atom. The van der Waals surface area contributed by atoms with Crippen LogP contribution in [-0.4, -0.2) is 37.2 Å². The van der Waals surface area contributed by atoms with Gasteiger partial charge in [-0.2, -0.15) is 0 Å². The molecular formula is C60H104O6. The molecule has 0 saturated carbocycles. The van der Waals surface area contributed by atoms with E-state index in [1.54, 1.807) is 0 Å². The van der Waals surface area contributed by atoms with Gasteiger partial charge >= 0.3 is 17.9 Å². The van der Waals surface area contributed by atoms with Crippen LogP contribution in [0.1, 0.15) is 271 Å². The van der Waals surface area contributed by atoms with E-state index in [2.05, 4.69) is 93.7 Å². The Bertz CT molecular complexity index is 1240. The third-order valence-corrected chi connectivity index (χ3v) is 11.9. The molecule has 66 heavy (non-hydrogen) atoms. The van der Waals surface area contributed by atoms with E-state index in [0.29, 0.717) is 19.3 Å². The van der Waals surface area contributed by atoms with E-state index >= 15 is 0 Å². The average molecular weight is 921 g/mol. The highest BCUT2D eigenvalue weighted by molar-refractivity contribution is 5.71. The van der Waals surface area contributed by atoms with Crippen LogP contribution < -0.4 is 0 Å². The number of allylic oxidation sites excluding steroid dienone is 12. The van der Waals surface area contributed by atoms with Gasteiger partial charge in [0.2, 0.25) is 0 Å². The lowest BCUT2D eigenvalue weighted by Gasteiger charge is -2.18. The molecule has 0 bridgehead atoms. The zero-order valence-electron chi connectivity index (χ0n) is 43.4. The van der Waals surface area contributed by atoms with Crippen LogP contribution in [0.2, 0.25) is 0 Å². The lowest BCUT2D eigenvalue weighted by molar-refractivity contribution is -0.167. The third kappa shape index (κ3) is 51.8. The molecule has 0 spiro atoms. The number of ether oxygens (including phenoxy) is 3. The second-order valence-corrected chi connectivity index (χ2v) is 18.5. The van der Waals surface area contributed by atoms with Crippen molar-refractivity contribution in [3.63, 3.8) is 0 Å². The molecule has 0 aromatic rings. The first-order valence-corrected chi connectivity index (χ1v) is 27.9. The molecule has 0 N–H and O–H groups in total. The summed E-state index contributed by atoms with van der Waals surface area (Å²) in [4.78, 5) is 37.9. The Morgan fingerprint density at radius 3 is 1.00 bits per heavy atom. The fourth-order valence-electron chi connectivity index (χ4n) is 7.77. The minimum Gasteiger partial charge on any atom is -0.462 e. The lowest BCUT2D eigenvalue weighted by atomic mass is 10.0. The van der Waals surface area contributed by atoms with Gasteiger partial charge in [-0.3, -0.25) is 14.4 Å². The van der Waals surface area contributed by atoms with Gasteiger partial charge < -0.3 is 14.2 Å². The van der Waals surface area contributed by atoms with Gasteiger partial charge in [-0.1, -0.05) is 241 Å². The average Bonchev–Trinajstić information content (AvgIpc) is 3.31. The van der Waals surface area contributed by atoms with Gasteiger partial charge in [0.05, 0.1) is 0 Å². The third-order valence-electron chi connectivity index (χ3n) is 11.9. The largest absolute Gasteiger partial charge is 0.462 e.